The quantitative estimate of drug-likeness (QED) is 0.534. The zero-order chi connectivity index (χ0) is 12.5. The van der Waals surface area contributed by atoms with Crippen LogP contribution in [0, 0.1) is 5.41 Å². The highest BCUT2D eigenvalue weighted by Crippen LogP contribution is 2.25. The second kappa shape index (κ2) is 4.44. The van der Waals surface area contributed by atoms with Gasteiger partial charge in [-0.1, -0.05) is 0 Å². The number of amides is 3. The molecule has 2 fully saturated rings. The summed E-state index contributed by atoms with van der Waals surface area (Å²) in [6, 6.07) is -0.572. The number of nitrogens with one attached hydrogen (secondary N) is 3. The van der Waals surface area contributed by atoms with Crippen LogP contribution in [-0.2, 0) is 14.4 Å². The lowest BCUT2D eigenvalue weighted by atomic mass is 9.88. The molecule has 2 heterocycles. The summed E-state index contributed by atoms with van der Waals surface area (Å²) in [6.07, 6.45) is 1.44. The molecule has 3 N–H and O–H groups in total. The molecule has 17 heavy (non-hydrogen) atoms. The van der Waals surface area contributed by atoms with Gasteiger partial charge in [0.2, 0.25) is 17.7 Å². The Morgan fingerprint density at radius 3 is 2.82 bits per heavy atom. The van der Waals surface area contributed by atoms with E-state index in [-0.39, 0.29) is 18.2 Å². The van der Waals surface area contributed by atoms with Crippen LogP contribution in [0.15, 0.2) is 0 Å². The zero-order valence-corrected chi connectivity index (χ0v) is 9.84. The molecule has 3 amide bonds. The minimum atomic E-state index is -0.572. The molecule has 2 aliphatic heterocycles. The van der Waals surface area contributed by atoms with Crippen molar-refractivity contribution < 1.29 is 14.4 Å². The molecule has 0 radical (unpaired) electrons. The van der Waals surface area contributed by atoms with Gasteiger partial charge in [-0.3, -0.25) is 19.7 Å². The fourth-order valence-corrected chi connectivity index (χ4v) is 2.17. The Bertz CT molecular complexity index is 361. The van der Waals surface area contributed by atoms with Crippen molar-refractivity contribution in [3.63, 3.8) is 0 Å². The number of carbonyl (C=O) groups is 3. The lowest BCUT2D eigenvalue weighted by Gasteiger charge is -2.27. The Balaban J connectivity index is 1.94. The molecule has 0 saturated carbocycles. The molecule has 6 nitrogen and oxygen atoms in total. The molecular weight excluding hydrogens is 222 g/mol. The molecule has 0 spiro atoms. The molecule has 2 aliphatic rings. The first kappa shape index (κ1) is 12.0. The van der Waals surface area contributed by atoms with Crippen LogP contribution >= 0.6 is 0 Å². The van der Waals surface area contributed by atoms with E-state index in [1.165, 1.54) is 0 Å². The molecule has 2 atom stereocenters. The maximum absolute atomic E-state index is 12.0. The second-order valence-corrected chi connectivity index (χ2v) is 4.96. The van der Waals surface area contributed by atoms with Gasteiger partial charge in [0, 0.05) is 13.0 Å². The Morgan fingerprint density at radius 1 is 1.47 bits per heavy atom. The molecule has 0 aromatic carbocycles. The lowest BCUT2D eigenvalue weighted by Crippen LogP contribution is -2.55. The first-order valence-corrected chi connectivity index (χ1v) is 5.87. The van der Waals surface area contributed by atoms with Crippen LogP contribution in [0.4, 0.5) is 0 Å². The third-order valence-corrected chi connectivity index (χ3v) is 3.46. The Hall–Kier alpha value is -1.43. The minimum Gasteiger partial charge on any atom is -0.344 e. The van der Waals surface area contributed by atoms with Crippen molar-refractivity contribution in [1.82, 2.24) is 16.0 Å². The van der Waals surface area contributed by atoms with Crippen LogP contribution in [0.2, 0.25) is 0 Å². The Morgan fingerprint density at radius 2 is 2.24 bits per heavy atom. The predicted molar refractivity (Wildman–Crippen MR) is 59.9 cm³/mol. The summed E-state index contributed by atoms with van der Waals surface area (Å²) in [5.74, 6) is -0.782. The van der Waals surface area contributed by atoms with Crippen molar-refractivity contribution in [2.75, 3.05) is 13.1 Å². The van der Waals surface area contributed by atoms with Gasteiger partial charge in [0.25, 0.3) is 0 Å². The average Bonchev–Trinajstić information content (AvgIpc) is 2.71. The highest BCUT2D eigenvalue weighted by atomic mass is 16.2. The lowest BCUT2D eigenvalue weighted by molar-refractivity contribution is -0.139. The number of carbonyl (C=O) groups excluding carboxylic acids is 3. The Labute approximate surface area is 99.5 Å². The van der Waals surface area contributed by atoms with Crippen molar-refractivity contribution in [3.8, 4) is 0 Å². The molecular formula is C11H17N3O3. The van der Waals surface area contributed by atoms with Crippen LogP contribution < -0.4 is 16.0 Å². The molecule has 6 heteroatoms. The highest BCUT2D eigenvalue weighted by molar-refractivity contribution is 6.02. The topological polar surface area (TPSA) is 87.3 Å². The van der Waals surface area contributed by atoms with Gasteiger partial charge < -0.3 is 10.6 Å². The molecule has 0 aromatic rings. The van der Waals surface area contributed by atoms with Gasteiger partial charge in [-0.2, -0.15) is 0 Å². The summed E-state index contributed by atoms with van der Waals surface area (Å²) in [5, 5.41) is 8.09. The van der Waals surface area contributed by atoms with Crippen LogP contribution in [0.25, 0.3) is 0 Å². The van der Waals surface area contributed by atoms with Crippen LogP contribution in [0.3, 0.4) is 0 Å². The maximum atomic E-state index is 12.0. The van der Waals surface area contributed by atoms with E-state index in [2.05, 4.69) is 16.0 Å². The summed E-state index contributed by atoms with van der Waals surface area (Å²) in [4.78, 5) is 34.5. The van der Waals surface area contributed by atoms with E-state index in [0.717, 1.165) is 13.0 Å². The van der Waals surface area contributed by atoms with Gasteiger partial charge in [-0.05, 0) is 26.3 Å². The van der Waals surface area contributed by atoms with Crippen LogP contribution in [0.1, 0.15) is 26.2 Å². The standard InChI is InChI=1S/C11H17N3O3/c1-11(4-5-12-6-11)10(17)13-7-2-3-8(15)14-9(7)16/h7,12H,2-6H2,1H3,(H,13,17)(H,14,15,16). The second-order valence-electron chi connectivity index (χ2n) is 4.96. The minimum absolute atomic E-state index is 0.114. The predicted octanol–water partition coefficient (Wildman–Crippen LogP) is -1.09. The maximum Gasteiger partial charge on any atom is 0.249 e. The summed E-state index contributed by atoms with van der Waals surface area (Å²) in [7, 11) is 0. The van der Waals surface area contributed by atoms with Crippen molar-refractivity contribution >= 4 is 17.7 Å². The van der Waals surface area contributed by atoms with E-state index < -0.39 is 17.4 Å². The average molecular weight is 239 g/mol. The first-order valence-electron chi connectivity index (χ1n) is 5.87. The number of rotatable bonds is 2. The summed E-state index contributed by atoms with van der Waals surface area (Å²) in [6.45, 7) is 3.33. The summed E-state index contributed by atoms with van der Waals surface area (Å²) >= 11 is 0. The fourth-order valence-electron chi connectivity index (χ4n) is 2.17. The van der Waals surface area contributed by atoms with E-state index in [1.807, 2.05) is 6.92 Å². The van der Waals surface area contributed by atoms with E-state index in [9.17, 15) is 14.4 Å². The number of imide groups is 1. The molecule has 94 valence electrons. The van der Waals surface area contributed by atoms with Crippen molar-refractivity contribution in [3.05, 3.63) is 0 Å². The van der Waals surface area contributed by atoms with Crippen LogP contribution in [-0.4, -0.2) is 36.9 Å². The third kappa shape index (κ3) is 2.46. The highest BCUT2D eigenvalue weighted by Gasteiger charge is 2.39. The van der Waals surface area contributed by atoms with Gasteiger partial charge >= 0.3 is 0 Å². The molecule has 2 saturated heterocycles. The Kier molecular flexibility index (Phi) is 3.15. The van der Waals surface area contributed by atoms with Crippen molar-refractivity contribution in [1.29, 1.82) is 0 Å². The molecule has 0 aliphatic carbocycles. The first-order chi connectivity index (χ1) is 8.01. The van der Waals surface area contributed by atoms with E-state index in [1.54, 1.807) is 0 Å². The molecule has 2 unspecified atom stereocenters. The molecule has 2 rings (SSSR count). The molecule has 0 aromatic heterocycles. The largest absolute Gasteiger partial charge is 0.344 e. The van der Waals surface area contributed by atoms with Gasteiger partial charge in [0.1, 0.15) is 6.04 Å². The normalized spacial score (nSPS) is 33.4. The van der Waals surface area contributed by atoms with Crippen molar-refractivity contribution in [2.24, 2.45) is 5.41 Å². The molecule has 0 bridgehead atoms. The number of hydrogen-bond donors (Lipinski definition) is 3. The number of hydrogen-bond acceptors (Lipinski definition) is 4. The number of piperidine rings is 1. The summed E-state index contributed by atoms with van der Waals surface area (Å²) in [5.41, 5.74) is -0.443. The monoisotopic (exact) mass is 239 g/mol. The van der Waals surface area contributed by atoms with Crippen LogP contribution in [0.5, 0.6) is 0 Å². The van der Waals surface area contributed by atoms with E-state index >= 15 is 0 Å². The van der Waals surface area contributed by atoms with Gasteiger partial charge in [-0.15, -0.1) is 0 Å². The third-order valence-electron chi connectivity index (χ3n) is 3.46. The van der Waals surface area contributed by atoms with Gasteiger partial charge in [-0.25, -0.2) is 0 Å². The zero-order valence-electron chi connectivity index (χ0n) is 9.84. The summed E-state index contributed by atoms with van der Waals surface area (Å²) < 4.78 is 0. The van der Waals surface area contributed by atoms with E-state index in [0.29, 0.717) is 13.0 Å². The van der Waals surface area contributed by atoms with Gasteiger partial charge in [0.05, 0.1) is 5.41 Å². The van der Waals surface area contributed by atoms with Gasteiger partial charge in [0.15, 0.2) is 0 Å². The van der Waals surface area contributed by atoms with Crippen molar-refractivity contribution in [2.45, 2.75) is 32.2 Å². The smallest absolute Gasteiger partial charge is 0.249 e. The SMILES string of the molecule is CC1(C(=O)NC2CCC(=O)NC2=O)CCNC1. The van der Waals surface area contributed by atoms with E-state index in [4.69, 9.17) is 0 Å². The fraction of sp³-hybridized carbons (Fsp3) is 0.727.